The van der Waals surface area contributed by atoms with Gasteiger partial charge in [-0.15, -0.1) is 0 Å². The fourth-order valence-electron chi connectivity index (χ4n) is 0. The van der Waals surface area contributed by atoms with Gasteiger partial charge in [0.2, 0.25) is 0 Å². The van der Waals surface area contributed by atoms with Crippen LogP contribution in [0.2, 0.25) is 0 Å². The van der Waals surface area contributed by atoms with Crippen molar-refractivity contribution in [3.8, 4) is 0 Å². The van der Waals surface area contributed by atoms with Gasteiger partial charge in [-0.1, -0.05) is 0 Å². The zero-order chi connectivity index (χ0) is 2.71. The van der Waals surface area contributed by atoms with E-state index in [1.165, 1.54) is 6.01 Å². The Morgan fingerprint density at radius 3 is 1.50 bits per heavy atom. The molecule has 4 heavy (non-hydrogen) atoms. The third-order valence-corrected chi connectivity index (χ3v) is 0. The molecular formula is CH4CaN2. The van der Waals surface area contributed by atoms with Crippen LogP contribution in [0.15, 0.2) is 0 Å². The molecule has 0 atom stereocenters. The minimum absolute atomic E-state index is 0. The first-order valence-corrected chi connectivity index (χ1v) is 0.500. The van der Waals surface area contributed by atoms with Gasteiger partial charge < -0.3 is 2.85 Å². The largest absolute Gasteiger partial charge is 2.00 e. The Labute approximate surface area is 57.2 Å². The van der Waals surface area contributed by atoms with Crippen molar-refractivity contribution in [1.82, 2.24) is 0 Å². The SMILES string of the molecule is N=C=N.[Ca+2].[H-].[H-]. The van der Waals surface area contributed by atoms with E-state index in [1.807, 2.05) is 0 Å². The molecule has 2 nitrogen and oxygen atoms in total. The van der Waals surface area contributed by atoms with Crippen LogP contribution < -0.4 is 0 Å². The number of hydrogen-bond acceptors (Lipinski definition) is 2. The monoisotopic (exact) mass is 84.0 g/mol. The Bertz CT molecular complexity index is 32.5. The van der Waals surface area contributed by atoms with E-state index in [2.05, 4.69) is 0 Å². The van der Waals surface area contributed by atoms with Crippen LogP contribution in [0.3, 0.4) is 0 Å². The van der Waals surface area contributed by atoms with Gasteiger partial charge in [0.05, 0.1) is 6.01 Å². The van der Waals surface area contributed by atoms with Crippen LogP contribution in [0, 0.1) is 10.8 Å². The van der Waals surface area contributed by atoms with Gasteiger partial charge in [0, 0.05) is 0 Å². The van der Waals surface area contributed by atoms with E-state index >= 15 is 0 Å². The maximum absolute atomic E-state index is 5.62. The topological polar surface area (TPSA) is 47.7 Å². The maximum atomic E-state index is 5.62. The molecule has 20 valence electrons. The molecule has 0 aliphatic carbocycles. The fourth-order valence-corrected chi connectivity index (χ4v) is 0. The molecule has 0 aromatic heterocycles. The van der Waals surface area contributed by atoms with Gasteiger partial charge in [-0.2, -0.15) is 0 Å². The summed E-state index contributed by atoms with van der Waals surface area (Å²) in [5.74, 6) is 0. The Kier molecular flexibility index (Phi) is 20.8. The molecule has 0 aliphatic heterocycles. The van der Waals surface area contributed by atoms with Crippen LogP contribution in [0.1, 0.15) is 2.85 Å². The second-order valence-corrected chi connectivity index (χ2v) is 0.125. The van der Waals surface area contributed by atoms with Crippen molar-refractivity contribution in [3.05, 3.63) is 0 Å². The van der Waals surface area contributed by atoms with Crippen molar-refractivity contribution in [1.29, 1.82) is 10.8 Å². The Balaban J connectivity index is -0.00000000667. The summed E-state index contributed by atoms with van der Waals surface area (Å²) in [4.78, 5) is 0. The minimum atomic E-state index is 0. The summed E-state index contributed by atoms with van der Waals surface area (Å²) in [5, 5.41) is 11.2. The van der Waals surface area contributed by atoms with Crippen LogP contribution in [-0.2, 0) is 0 Å². The zero-order valence-corrected chi connectivity index (χ0v) is 4.42. The van der Waals surface area contributed by atoms with Crippen molar-refractivity contribution in [3.63, 3.8) is 0 Å². The van der Waals surface area contributed by atoms with Crippen LogP contribution in [0.25, 0.3) is 0 Å². The van der Waals surface area contributed by atoms with Gasteiger partial charge in [-0.05, 0) is 0 Å². The normalized spacial score (nSPS) is 2.00. The average Bonchev–Trinajstić information content (AvgIpc) is 0.918. The van der Waals surface area contributed by atoms with Gasteiger partial charge in [0.25, 0.3) is 0 Å². The number of nitrogens with one attached hydrogen (secondary N) is 2. The summed E-state index contributed by atoms with van der Waals surface area (Å²) in [6.45, 7) is 0. The van der Waals surface area contributed by atoms with E-state index in [4.69, 9.17) is 10.8 Å². The summed E-state index contributed by atoms with van der Waals surface area (Å²) in [6, 6.07) is 1.25. The molecular weight excluding hydrogens is 80.1 g/mol. The summed E-state index contributed by atoms with van der Waals surface area (Å²) < 4.78 is 0. The molecule has 0 saturated heterocycles. The van der Waals surface area contributed by atoms with Crippen molar-refractivity contribution in [2.75, 3.05) is 0 Å². The second-order valence-electron chi connectivity index (χ2n) is 0.125. The van der Waals surface area contributed by atoms with E-state index in [0.717, 1.165) is 0 Å². The molecule has 0 radical (unpaired) electrons. The first-order valence-electron chi connectivity index (χ1n) is 0.500. The van der Waals surface area contributed by atoms with E-state index in [-0.39, 0.29) is 40.6 Å². The third-order valence-electron chi connectivity index (χ3n) is 0. The van der Waals surface area contributed by atoms with Gasteiger partial charge in [0.1, 0.15) is 0 Å². The minimum Gasteiger partial charge on any atom is -1.00 e. The predicted molar refractivity (Wildman–Crippen MR) is 18.4 cm³/mol. The second kappa shape index (κ2) is 9.43. The smallest absolute Gasteiger partial charge is 1.00 e. The summed E-state index contributed by atoms with van der Waals surface area (Å²) >= 11 is 0. The van der Waals surface area contributed by atoms with Crippen LogP contribution >= 0.6 is 0 Å². The Morgan fingerprint density at radius 1 is 1.50 bits per heavy atom. The van der Waals surface area contributed by atoms with Crippen molar-refractivity contribution in [2.24, 2.45) is 0 Å². The molecule has 0 amide bonds. The van der Waals surface area contributed by atoms with E-state index in [9.17, 15) is 0 Å². The summed E-state index contributed by atoms with van der Waals surface area (Å²) in [7, 11) is 0. The molecule has 0 rings (SSSR count). The summed E-state index contributed by atoms with van der Waals surface area (Å²) in [6.07, 6.45) is 0. The standard InChI is InChI=1S/CH2N2.Ca.2H/c2-1-3;;;/h2-3H;;;/q;+2;2*-1. The molecule has 0 fully saturated rings. The molecule has 0 unspecified atom stereocenters. The van der Waals surface area contributed by atoms with Crippen molar-refractivity contribution >= 4 is 43.7 Å². The van der Waals surface area contributed by atoms with Crippen LogP contribution in [0.5, 0.6) is 0 Å². The van der Waals surface area contributed by atoms with E-state index < -0.39 is 0 Å². The van der Waals surface area contributed by atoms with Gasteiger partial charge in [0.15, 0.2) is 0 Å². The number of rotatable bonds is 0. The quantitative estimate of drug-likeness (QED) is 0.310. The Hall–Kier alpha value is 0.640. The molecule has 2 N–H and O–H groups in total. The number of hydrogen-bond donors (Lipinski definition) is 2. The molecule has 0 heterocycles. The van der Waals surface area contributed by atoms with Gasteiger partial charge in [-0.3, -0.25) is 0 Å². The summed E-state index contributed by atoms with van der Waals surface area (Å²) in [5.41, 5.74) is 0. The maximum Gasteiger partial charge on any atom is 2.00 e. The molecule has 0 aliphatic rings. The first kappa shape index (κ1) is 8.82. The van der Waals surface area contributed by atoms with Crippen LogP contribution in [0.4, 0.5) is 0 Å². The van der Waals surface area contributed by atoms with Gasteiger partial charge >= 0.3 is 37.7 Å². The molecule has 0 saturated carbocycles. The fraction of sp³-hybridized carbons (Fsp3) is 0. The van der Waals surface area contributed by atoms with Crippen molar-refractivity contribution < 1.29 is 2.85 Å². The Morgan fingerprint density at radius 2 is 1.50 bits per heavy atom. The molecule has 3 heteroatoms. The average molecular weight is 84.1 g/mol. The molecule has 0 aromatic rings. The molecule has 0 aromatic carbocycles. The zero-order valence-electron chi connectivity index (χ0n) is 4.21. The van der Waals surface area contributed by atoms with Gasteiger partial charge in [-0.25, -0.2) is 10.8 Å². The molecule has 0 bridgehead atoms. The van der Waals surface area contributed by atoms with E-state index in [1.54, 1.807) is 0 Å². The van der Waals surface area contributed by atoms with Crippen LogP contribution in [-0.4, -0.2) is 43.7 Å². The van der Waals surface area contributed by atoms with Crippen molar-refractivity contribution in [2.45, 2.75) is 0 Å². The molecule has 0 spiro atoms. The predicted octanol–water partition coefficient (Wildman–Crippen LogP) is 0.162. The third kappa shape index (κ3) is 17.3. The first-order chi connectivity index (χ1) is 1.41. The van der Waals surface area contributed by atoms with E-state index in [0.29, 0.717) is 0 Å².